The Morgan fingerprint density at radius 1 is 0.975 bits per heavy atom. The van der Waals surface area contributed by atoms with Crippen molar-refractivity contribution in [1.29, 1.82) is 0 Å². The van der Waals surface area contributed by atoms with E-state index < -0.39 is 23.7 Å². The fraction of sp³-hybridized carbons (Fsp3) is 0.250. The average molecular weight is 556 g/mol. The van der Waals surface area contributed by atoms with E-state index in [1.165, 1.54) is 56.7 Å². The number of nitrogens with one attached hydrogen (secondary N) is 1. The lowest BCUT2D eigenvalue weighted by atomic mass is 10.0. The minimum absolute atomic E-state index is 0.0438. The lowest BCUT2D eigenvalue weighted by Gasteiger charge is -2.20. The number of nitrogens with zero attached hydrogens (tertiary/aromatic N) is 1. The van der Waals surface area contributed by atoms with Crippen LogP contribution in [0.3, 0.4) is 0 Å². The third-order valence-corrected chi connectivity index (χ3v) is 5.58. The molecule has 5 N–H and O–H groups in total. The first kappa shape index (κ1) is 29.7. The van der Waals surface area contributed by atoms with E-state index in [1.54, 1.807) is 13.0 Å². The molecule has 0 aromatic heterocycles. The van der Waals surface area contributed by atoms with Crippen LogP contribution in [0.15, 0.2) is 59.6 Å². The summed E-state index contributed by atoms with van der Waals surface area (Å²) >= 11 is 0. The van der Waals surface area contributed by atoms with Gasteiger partial charge in [-0.15, -0.1) is 0 Å². The summed E-state index contributed by atoms with van der Waals surface area (Å²) in [5.41, 5.74) is 6.81. The van der Waals surface area contributed by atoms with Crippen LogP contribution in [-0.2, 0) is 4.79 Å². The number of rotatable bonds is 13. The Labute approximate surface area is 230 Å². The monoisotopic (exact) mass is 555 g/mol. The zero-order valence-electron chi connectivity index (χ0n) is 22.1. The standard InChI is InChI=1S/C28H30FN3O8/c1-4-39-23-14-21(22(29)15-24(23)40-10-9-33)25(28(35)36)31-18-7-5-16(6-8-18)26(30)32-27(34)17-11-19(37-2)13-20(12-17)38-3/h5-8,11-15,25,31,33H,4,9-10H2,1-3H3,(H,35,36)(H2,30,32,34). The summed E-state index contributed by atoms with van der Waals surface area (Å²) in [6, 6.07) is 11.5. The van der Waals surface area contributed by atoms with Gasteiger partial charge in [0.2, 0.25) is 0 Å². The largest absolute Gasteiger partial charge is 0.497 e. The molecule has 1 amide bonds. The van der Waals surface area contributed by atoms with Crippen molar-refractivity contribution in [3.05, 3.63) is 77.1 Å². The number of hydrogen-bond donors (Lipinski definition) is 4. The molecule has 0 aliphatic carbocycles. The van der Waals surface area contributed by atoms with Crippen LogP contribution < -0.4 is 30.0 Å². The van der Waals surface area contributed by atoms with Gasteiger partial charge < -0.3 is 40.2 Å². The van der Waals surface area contributed by atoms with E-state index in [2.05, 4.69) is 10.3 Å². The Morgan fingerprint density at radius 3 is 2.15 bits per heavy atom. The number of amidine groups is 1. The minimum Gasteiger partial charge on any atom is -0.497 e. The van der Waals surface area contributed by atoms with Crippen molar-refractivity contribution in [2.75, 3.05) is 39.4 Å². The Bertz CT molecular complexity index is 1360. The number of halogens is 1. The highest BCUT2D eigenvalue weighted by atomic mass is 19.1. The van der Waals surface area contributed by atoms with Gasteiger partial charge in [0.15, 0.2) is 17.5 Å². The second kappa shape index (κ2) is 13.8. The second-order valence-corrected chi connectivity index (χ2v) is 8.22. The molecule has 0 saturated heterocycles. The molecule has 3 aromatic carbocycles. The maximum atomic E-state index is 15.0. The molecule has 1 unspecified atom stereocenters. The molecule has 0 aliphatic rings. The first-order valence-electron chi connectivity index (χ1n) is 12.1. The molecule has 212 valence electrons. The summed E-state index contributed by atoms with van der Waals surface area (Å²) in [5, 5.41) is 21.6. The lowest BCUT2D eigenvalue weighted by molar-refractivity contribution is -0.138. The number of anilines is 1. The Morgan fingerprint density at radius 2 is 1.60 bits per heavy atom. The Kier molecular flexibility index (Phi) is 10.3. The summed E-state index contributed by atoms with van der Waals surface area (Å²) in [7, 11) is 2.92. The van der Waals surface area contributed by atoms with Gasteiger partial charge >= 0.3 is 5.97 Å². The maximum absolute atomic E-state index is 15.0. The number of benzene rings is 3. The molecule has 11 nitrogen and oxygen atoms in total. The SMILES string of the molecule is CCOc1cc(C(Nc2ccc(C(N)=NC(=O)c3cc(OC)cc(OC)c3)cc2)C(=O)O)c(F)cc1OCCO. The van der Waals surface area contributed by atoms with Gasteiger partial charge in [-0.05, 0) is 49.4 Å². The summed E-state index contributed by atoms with van der Waals surface area (Å²) in [5.74, 6) is -1.85. The number of aliphatic imine (C=N–C) groups is 1. The molecule has 0 saturated carbocycles. The van der Waals surface area contributed by atoms with E-state index in [0.717, 1.165) is 6.07 Å². The Hall–Kier alpha value is -4.84. The van der Waals surface area contributed by atoms with Gasteiger partial charge in [-0.2, -0.15) is 4.99 Å². The number of carbonyl (C=O) groups excluding carboxylic acids is 1. The van der Waals surface area contributed by atoms with Gasteiger partial charge in [-0.3, -0.25) is 4.79 Å². The molecule has 0 bridgehead atoms. The number of aliphatic hydroxyl groups is 1. The Balaban J connectivity index is 1.83. The first-order valence-corrected chi connectivity index (χ1v) is 12.1. The lowest BCUT2D eigenvalue weighted by Crippen LogP contribution is -2.22. The predicted molar refractivity (Wildman–Crippen MR) is 145 cm³/mol. The molecular formula is C28H30FN3O8. The van der Waals surface area contributed by atoms with Crippen molar-refractivity contribution < 1.29 is 43.1 Å². The van der Waals surface area contributed by atoms with Crippen molar-refractivity contribution in [2.45, 2.75) is 13.0 Å². The highest BCUT2D eigenvalue weighted by Gasteiger charge is 2.26. The molecule has 3 rings (SSSR count). The molecule has 12 heteroatoms. The van der Waals surface area contributed by atoms with Gasteiger partial charge in [-0.1, -0.05) is 0 Å². The number of carbonyl (C=O) groups is 2. The van der Waals surface area contributed by atoms with E-state index in [4.69, 9.17) is 29.8 Å². The number of methoxy groups -OCH3 is 2. The maximum Gasteiger partial charge on any atom is 0.330 e. The zero-order chi connectivity index (χ0) is 29.2. The number of carboxylic acids is 1. The minimum atomic E-state index is -1.48. The third-order valence-electron chi connectivity index (χ3n) is 5.58. The van der Waals surface area contributed by atoms with Crippen molar-refractivity contribution in [1.82, 2.24) is 0 Å². The number of amides is 1. The smallest absolute Gasteiger partial charge is 0.330 e. The zero-order valence-corrected chi connectivity index (χ0v) is 22.1. The number of aliphatic carboxylic acids is 1. The van der Waals surface area contributed by atoms with Crippen LogP contribution in [0.5, 0.6) is 23.0 Å². The van der Waals surface area contributed by atoms with Crippen LogP contribution >= 0.6 is 0 Å². The molecule has 0 fully saturated rings. The fourth-order valence-corrected chi connectivity index (χ4v) is 3.65. The summed E-state index contributed by atoms with van der Waals surface area (Å²) < 4.78 is 36.1. The van der Waals surface area contributed by atoms with Gasteiger partial charge in [-0.25, -0.2) is 9.18 Å². The van der Waals surface area contributed by atoms with Gasteiger partial charge in [0.1, 0.15) is 29.8 Å². The fourth-order valence-electron chi connectivity index (χ4n) is 3.65. The van der Waals surface area contributed by atoms with Crippen LogP contribution in [0.2, 0.25) is 0 Å². The molecule has 0 heterocycles. The van der Waals surface area contributed by atoms with Crippen LogP contribution in [0.4, 0.5) is 10.1 Å². The van der Waals surface area contributed by atoms with Crippen molar-refractivity contribution in [3.63, 3.8) is 0 Å². The third kappa shape index (κ3) is 7.38. The number of nitrogens with two attached hydrogens (primary N) is 1. The number of carboxylic acid groups (broad SMARTS) is 1. The molecule has 3 aromatic rings. The molecule has 0 spiro atoms. The highest BCUT2D eigenvalue weighted by Crippen LogP contribution is 2.34. The predicted octanol–water partition coefficient (Wildman–Crippen LogP) is 3.40. The normalized spacial score (nSPS) is 11.9. The van der Waals surface area contributed by atoms with Crippen LogP contribution in [-0.4, -0.2) is 62.0 Å². The van der Waals surface area contributed by atoms with E-state index in [9.17, 15) is 19.1 Å². The summed E-state index contributed by atoms with van der Waals surface area (Å²) in [6.45, 7) is 1.56. The number of aliphatic hydroxyl groups excluding tert-OH is 1. The van der Waals surface area contributed by atoms with E-state index >= 15 is 0 Å². The van der Waals surface area contributed by atoms with Crippen LogP contribution in [0.25, 0.3) is 0 Å². The average Bonchev–Trinajstić information content (AvgIpc) is 2.95. The quantitative estimate of drug-likeness (QED) is 0.182. The van der Waals surface area contributed by atoms with Crippen molar-refractivity contribution in [3.8, 4) is 23.0 Å². The topological polar surface area (TPSA) is 162 Å². The van der Waals surface area contributed by atoms with E-state index in [1.807, 2.05) is 0 Å². The number of ether oxygens (including phenoxy) is 4. The summed E-state index contributed by atoms with van der Waals surface area (Å²) in [4.78, 5) is 28.7. The van der Waals surface area contributed by atoms with Gasteiger partial charge in [0.25, 0.3) is 5.91 Å². The molecule has 40 heavy (non-hydrogen) atoms. The van der Waals surface area contributed by atoms with Crippen LogP contribution in [0, 0.1) is 5.82 Å². The molecule has 0 radical (unpaired) electrons. The van der Waals surface area contributed by atoms with E-state index in [0.29, 0.717) is 22.7 Å². The number of hydrogen-bond acceptors (Lipinski definition) is 8. The van der Waals surface area contributed by atoms with Crippen molar-refractivity contribution in [2.24, 2.45) is 10.7 Å². The molecule has 1 atom stereocenters. The van der Waals surface area contributed by atoms with Crippen LogP contribution in [0.1, 0.15) is 34.5 Å². The first-order chi connectivity index (χ1) is 19.2. The molecular weight excluding hydrogens is 525 g/mol. The van der Waals surface area contributed by atoms with Crippen molar-refractivity contribution >= 4 is 23.4 Å². The van der Waals surface area contributed by atoms with Gasteiger partial charge in [0, 0.05) is 34.5 Å². The molecule has 0 aliphatic heterocycles. The second-order valence-electron chi connectivity index (χ2n) is 8.22. The van der Waals surface area contributed by atoms with E-state index in [-0.39, 0.29) is 48.3 Å². The highest BCUT2D eigenvalue weighted by molar-refractivity contribution is 6.09. The summed E-state index contributed by atoms with van der Waals surface area (Å²) in [6.07, 6.45) is 0. The van der Waals surface area contributed by atoms with Gasteiger partial charge in [0.05, 0.1) is 27.4 Å².